The van der Waals surface area contributed by atoms with Crippen LogP contribution in [0.3, 0.4) is 0 Å². The van der Waals surface area contributed by atoms with Crippen molar-refractivity contribution in [1.82, 2.24) is 10.4 Å². The summed E-state index contributed by atoms with van der Waals surface area (Å²) in [5, 5.41) is 2.25. The minimum atomic E-state index is -0.353. The Bertz CT molecular complexity index is 564. The molecule has 0 atom stereocenters. The highest BCUT2D eigenvalue weighted by atomic mass is 32.1. The number of hydrazine groups is 1. The van der Waals surface area contributed by atoms with Crippen molar-refractivity contribution in [3.05, 3.63) is 45.9 Å². The van der Waals surface area contributed by atoms with Crippen LogP contribution >= 0.6 is 11.3 Å². The molecule has 1 heterocycles. The summed E-state index contributed by atoms with van der Waals surface area (Å²) in [5.41, 5.74) is 5.28. The normalized spacial score (nSPS) is 10.3. The smallest absolute Gasteiger partial charge is 0.294 e. The number of carbonyl (C=O) groups excluding carboxylic acids is 1. The molecule has 0 spiro atoms. The number of nitrogens with two attached hydrogens (primary N) is 1. The Morgan fingerprint density at radius 1 is 1.42 bits per heavy atom. The molecule has 0 aliphatic heterocycles. The molecular weight excluding hydrogens is 260 g/mol. The standard InChI is InChI=1S/C13H16N4OS/c1-9-3-5-11(6-4-9)17(2)7-10-8-19-13(15-10)12(18)16-14/h3-6,8H,7,14H2,1-2H3,(H,16,18). The third-order valence-corrected chi connectivity index (χ3v) is 3.64. The summed E-state index contributed by atoms with van der Waals surface area (Å²) >= 11 is 1.29. The van der Waals surface area contributed by atoms with Crippen LogP contribution in [0.2, 0.25) is 0 Å². The Morgan fingerprint density at radius 3 is 2.74 bits per heavy atom. The van der Waals surface area contributed by atoms with E-state index < -0.39 is 0 Å². The topological polar surface area (TPSA) is 71.2 Å². The number of hydrogen-bond donors (Lipinski definition) is 2. The number of aryl methyl sites for hydroxylation is 1. The fraction of sp³-hybridized carbons (Fsp3) is 0.231. The third kappa shape index (κ3) is 3.30. The highest BCUT2D eigenvalue weighted by molar-refractivity contribution is 7.11. The molecule has 2 rings (SSSR count). The first-order valence-electron chi connectivity index (χ1n) is 5.83. The van der Waals surface area contributed by atoms with E-state index in [1.165, 1.54) is 16.9 Å². The number of rotatable bonds is 4. The zero-order valence-electron chi connectivity index (χ0n) is 10.9. The summed E-state index contributed by atoms with van der Waals surface area (Å²) < 4.78 is 0. The van der Waals surface area contributed by atoms with Crippen molar-refractivity contribution in [2.24, 2.45) is 5.84 Å². The molecular formula is C13H16N4OS. The lowest BCUT2D eigenvalue weighted by Crippen LogP contribution is -2.30. The van der Waals surface area contributed by atoms with Crippen molar-refractivity contribution < 1.29 is 4.79 Å². The van der Waals surface area contributed by atoms with Crippen LogP contribution in [0.25, 0.3) is 0 Å². The number of carbonyl (C=O) groups is 1. The van der Waals surface area contributed by atoms with E-state index in [0.29, 0.717) is 11.6 Å². The summed E-state index contributed by atoms with van der Waals surface area (Å²) in [7, 11) is 1.99. The minimum absolute atomic E-state index is 0.353. The average Bonchev–Trinajstić information content (AvgIpc) is 2.87. The summed E-state index contributed by atoms with van der Waals surface area (Å²) in [5.74, 6) is 4.72. The lowest BCUT2D eigenvalue weighted by molar-refractivity contribution is 0.0953. The molecule has 0 saturated heterocycles. The molecule has 0 unspecified atom stereocenters. The van der Waals surface area contributed by atoms with Crippen molar-refractivity contribution in [3.63, 3.8) is 0 Å². The van der Waals surface area contributed by atoms with Gasteiger partial charge in [0.25, 0.3) is 5.91 Å². The van der Waals surface area contributed by atoms with E-state index in [4.69, 9.17) is 5.84 Å². The van der Waals surface area contributed by atoms with Crippen LogP contribution in [-0.2, 0) is 6.54 Å². The molecule has 19 heavy (non-hydrogen) atoms. The molecule has 2 aromatic rings. The zero-order chi connectivity index (χ0) is 13.8. The van der Waals surface area contributed by atoms with Gasteiger partial charge in [-0.1, -0.05) is 17.7 Å². The van der Waals surface area contributed by atoms with Gasteiger partial charge in [0.1, 0.15) is 0 Å². The van der Waals surface area contributed by atoms with Crippen LogP contribution in [0.1, 0.15) is 21.1 Å². The van der Waals surface area contributed by atoms with E-state index in [1.807, 2.05) is 12.4 Å². The van der Waals surface area contributed by atoms with Gasteiger partial charge in [0, 0.05) is 18.1 Å². The molecule has 0 saturated carbocycles. The largest absolute Gasteiger partial charge is 0.369 e. The highest BCUT2D eigenvalue weighted by Gasteiger charge is 2.11. The number of nitrogens with zero attached hydrogens (tertiary/aromatic N) is 2. The molecule has 0 bridgehead atoms. The fourth-order valence-electron chi connectivity index (χ4n) is 1.68. The van der Waals surface area contributed by atoms with Crippen molar-refractivity contribution in [2.75, 3.05) is 11.9 Å². The van der Waals surface area contributed by atoms with E-state index in [-0.39, 0.29) is 5.91 Å². The summed E-state index contributed by atoms with van der Waals surface area (Å²) in [6, 6.07) is 8.27. The van der Waals surface area contributed by atoms with Crippen molar-refractivity contribution >= 4 is 22.9 Å². The second kappa shape index (κ2) is 5.81. The van der Waals surface area contributed by atoms with E-state index in [1.54, 1.807) is 0 Å². The van der Waals surface area contributed by atoms with E-state index >= 15 is 0 Å². The Hall–Kier alpha value is -1.92. The van der Waals surface area contributed by atoms with Crippen LogP contribution in [0, 0.1) is 6.92 Å². The van der Waals surface area contributed by atoms with Crippen LogP contribution < -0.4 is 16.2 Å². The third-order valence-electron chi connectivity index (χ3n) is 2.75. The van der Waals surface area contributed by atoms with Crippen LogP contribution in [0.5, 0.6) is 0 Å². The summed E-state index contributed by atoms with van der Waals surface area (Å²) in [6.07, 6.45) is 0. The number of aromatic nitrogens is 1. The predicted molar refractivity (Wildman–Crippen MR) is 77.1 cm³/mol. The Morgan fingerprint density at radius 2 is 2.11 bits per heavy atom. The molecule has 1 amide bonds. The number of nitrogens with one attached hydrogen (secondary N) is 1. The summed E-state index contributed by atoms with van der Waals surface area (Å²) in [6.45, 7) is 2.71. The monoisotopic (exact) mass is 276 g/mol. The zero-order valence-corrected chi connectivity index (χ0v) is 11.7. The lowest BCUT2D eigenvalue weighted by Gasteiger charge is -2.18. The maximum atomic E-state index is 11.3. The van der Waals surface area contributed by atoms with Gasteiger partial charge in [0.15, 0.2) is 5.01 Å². The van der Waals surface area contributed by atoms with Gasteiger partial charge in [-0.25, -0.2) is 10.8 Å². The minimum Gasteiger partial charge on any atom is -0.369 e. The second-order valence-corrected chi connectivity index (χ2v) is 5.17. The van der Waals surface area contributed by atoms with Gasteiger partial charge in [-0.2, -0.15) is 0 Å². The van der Waals surface area contributed by atoms with Gasteiger partial charge in [0.05, 0.1) is 12.2 Å². The van der Waals surface area contributed by atoms with Crippen LogP contribution in [0.4, 0.5) is 5.69 Å². The van der Waals surface area contributed by atoms with Crippen molar-refractivity contribution in [1.29, 1.82) is 0 Å². The number of amides is 1. The summed E-state index contributed by atoms with van der Waals surface area (Å²) in [4.78, 5) is 17.6. The lowest BCUT2D eigenvalue weighted by atomic mass is 10.2. The van der Waals surface area contributed by atoms with Gasteiger partial charge in [-0.3, -0.25) is 10.2 Å². The molecule has 1 aromatic heterocycles. The van der Waals surface area contributed by atoms with Crippen LogP contribution in [0.15, 0.2) is 29.6 Å². The maximum absolute atomic E-state index is 11.3. The number of nitrogen functional groups attached to an aromatic ring is 1. The molecule has 0 aliphatic carbocycles. The second-order valence-electron chi connectivity index (χ2n) is 4.31. The molecule has 5 nitrogen and oxygen atoms in total. The van der Waals surface area contributed by atoms with Crippen LogP contribution in [-0.4, -0.2) is 17.9 Å². The quantitative estimate of drug-likeness (QED) is 0.506. The van der Waals surface area contributed by atoms with Gasteiger partial charge in [-0.05, 0) is 19.1 Å². The Balaban J connectivity index is 2.06. The highest BCUT2D eigenvalue weighted by Crippen LogP contribution is 2.17. The molecule has 3 N–H and O–H groups in total. The first-order chi connectivity index (χ1) is 9.10. The average molecular weight is 276 g/mol. The Labute approximate surface area is 116 Å². The number of thiazole rings is 1. The van der Waals surface area contributed by atoms with Crippen molar-refractivity contribution in [2.45, 2.75) is 13.5 Å². The molecule has 1 aromatic carbocycles. The number of benzene rings is 1. The fourth-order valence-corrected chi connectivity index (χ4v) is 2.39. The molecule has 6 heteroatoms. The number of anilines is 1. The number of hydrogen-bond acceptors (Lipinski definition) is 5. The first kappa shape index (κ1) is 13.5. The van der Waals surface area contributed by atoms with E-state index in [2.05, 4.69) is 46.5 Å². The molecule has 100 valence electrons. The van der Waals surface area contributed by atoms with E-state index in [9.17, 15) is 4.79 Å². The van der Waals surface area contributed by atoms with Crippen molar-refractivity contribution in [3.8, 4) is 0 Å². The van der Waals surface area contributed by atoms with Gasteiger partial charge < -0.3 is 4.90 Å². The maximum Gasteiger partial charge on any atom is 0.294 e. The molecule has 0 aliphatic rings. The SMILES string of the molecule is Cc1ccc(N(C)Cc2csc(C(=O)NN)n2)cc1. The predicted octanol–water partition coefficient (Wildman–Crippen LogP) is 1.69. The Kier molecular flexibility index (Phi) is 4.13. The van der Waals surface area contributed by atoms with Gasteiger partial charge in [0.2, 0.25) is 0 Å². The molecule has 0 radical (unpaired) electrons. The molecule has 0 fully saturated rings. The van der Waals surface area contributed by atoms with E-state index in [0.717, 1.165) is 11.4 Å². The first-order valence-corrected chi connectivity index (χ1v) is 6.71. The van der Waals surface area contributed by atoms with Gasteiger partial charge in [-0.15, -0.1) is 11.3 Å². The van der Waals surface area contributed by atoms with Gasteiger partial charge >= 0.3 is 0 Å².